The Morgan fingerprint density at radius 2 is 1.91 bits per heavy atom. The average molecular weight is 639 g/mol. The number of anilines is 2. The third kappa shape index (κ3) is 7.74. The summed E-state index contributed by atoms with van der Waals surface area (Å²) in [5.74, 6) is 0.868. The summed E-state index contributed by atoms with van der Waals surface area (Å²) in [5.41, 5.74) is 3.70. The lowest BCUT2D eigenvalue weighted by Crippen LogP contribution is -2.12. The van der Waals surface area contributed by atoms with E-state index in [9.17, 15) is 12.8 Å². The molecule has 0 aliphatic heterocycles. The predicted octanol–water partition coefficient (Wildman–Crippen LogP) is 8.00. The number of fused-ring (bicyclic) bond motifs is 1. The normalized spacial score (nSPS) is 12.0. The van der Waals surface area contributed by atoms with Crippen LogP contribution in [0.4, 0.5) is 15.9 Å². The molecule has 0 bridgehead atoms. The highest BCUT2D eigenvalue weighted by Gasteiger charge is 2.18. The summed E-state index contributed by atoms with van der Waals surface area (Å²) in [6.45, 7) is 5.84. The number of rotatable bonds is 10. The van der Waals surface area contributed by atoms with Crippen molar-refractivity contribution in [1.82, 2.24) is 15.0 Å². The molecule has 0 aliphatic carbocycles. The van der Waals surface area contributed by atoms with Crippen LogP contribution in [0, 0.1) is 11.7 Å². The van der Waals surface area contributed by atoms with E-state index in [0.717, 1.165) is 22.2 Å². The van der Waals surface area contributed by atoms with Gasteiger partial charge in [0.2, 0.25) is 10.3 Å². The largest absolute Gasteiger partial charge is 0.487 e. The van der Waals surface area contributed by atoms with Crippen LogP contribution in [0.1, 0.15) is 43.9 Å². The fourth-order valence-electron chi connectivity index (χ4n) is 4.28. The molecule has 1 unspecified atom stereocenters. The van der Waals surface area contributed by atoms with E-state index in [1.54, 1.807) is 31.2 Å². The van der Waals surface area contributed by atoms with Gasteiger partial charge in [-0.25, -0.2) is 19.3 Å². The van der Waals surface area contributed by atoms with Crippen LogP contribution in [0.25, 0.3) is 22.2 Å². The molecule has 0 fully saturated rings. The van der Waals surface area contributed by atoms with Gasteiger partial charge in [-0.2, -0.15) is 8.42 Å². The van der Waals surface area contributed by atoms with Crippen molar-refractivity contribution >= 4 is 60.7 Å². The predicted molar refractivity (Wildman–Crippen MR) is 169 cm³/mol. The maximum Gasteiger partial charge on any atom is 0.240 e. The van der Waals surface area contributed by atoms with Gasteiger partial charge in [-0.15, -0.1) is 11.3 Å². The number of benzene rings is 3. The van der Waals surface area contributed by atoms with Gasteiger partial charge in [0.15, 0.2) is 5.05 Å². The minimum absolute atomic E-state index is 0.0316. The molecule has 2 aromatic heterocycles. The van der Waals surface area contributed by atoms with Crippen molar-refractivity contribution in [1.29, 1.82) is 0 Å². The van der Waals surface area contributed by atoms with E-state index in [0.29, 0.717) is 39.3 Å². The quantitative estimate of drug-likeness (QED) is 0.154. The van der Waals surface area contributed by atoms with Gasteiger partial charge in [0.25, 0.3) is 0 Å². The van der Waals surface area contributed by atoms with Gasteiger partial charge in [0.1, 0.15) is 41.4 Å². The molecule has 2 heterocycles. The van der Waals surface area contributed by atoms with Gasteiger partial charge in [-0.05, 0) is 60.9 Å². The van der Waals surface area contributed by atoms with E-state index in [2.05, 4.69) is 15.3 Å². The van der Waals surface area contributed by atoms with Crippen LogP contribution in [0.15, 0.2) is 72.4 Å². The Morgan fingerprint density at radius 1 is 1.07 bits per heavy atom. The molecular weight excluding hydrogens is 611 g/mol. The topological polar surface area (TPSA) is 103 Å². The van der Waals surface area contributed by atoms with E-state index in [1.165, 1.54) is 29.8 Å². The van der Waals surface area contributed by atoms with Gasteiger partial charge in [-0.3, -0.25) is 0 Å². The SMILES string of the molecule is CC(C)CC(OC(C)c1nc(-c2ccc3ncnc(Nc4ccc(OCc5cccc(F)c5)c(Cl)c4)c3c2)cs1)=S(=O)=O. The summed E-state index contributed by atoms with van der Waals surface area (Å²) in [7, 11) is -2.42. The maximum atomic E-state index is 13.5. The number of thiazole rings is 1. The zero-order valence-electron chi connectivity index (χ0n) is 23.5. The Balaban J connectivity index is 1.34. The van der Waals surface area contributed by atoms with Crippen LogP contribution in [-0.2, 0) is 21.6 Å². The highest BCUT2D eigenvalue weighted by atomic mass is 35.5. The van der Waals surface area contributed by atoms with E-state index in [-0.39, 0.29) is 23.4 Å². The highest BCUT2D eigenvalue weighted by molar-refractivity contribution is 7.72. The first-order valence-electron chi connectivity index (χ1n) is 13.4. The minimum atomic E-state index is -2.42. The molecule has 1 N–H and O–H groups in total. The highest BCUT2D eigenvalue weighted by Crippen LogP contribution is 2.33. The Bertz CT molecular complexity index is 1910. The molecule has 3 aromatic carbocycles. The Hall–Kier alpha value is -3.90. The second kappa shape index (κ2) is 13.6. The smallest absolute Gasteiger partial charge is 0.240 e. The number of hydrogen-bond donors (Lipinski definition) is 1. The van der Waals surface area contributed by atoms with Crippen molar-refractivity contribution in [3.8, 4) is 17.0 Å². The van der Waals surface area contributed by atoms with Gasteiger partial charge in [0, 0.05) is 28.4 Å². The second-order valence-electron chi connectivity index (χ2n) is 10.2. The number of halogens is 2. The van der Waals surface area contributed by atoms with Gasteiger partial charge >= 0.3 is 0 Å². The van der Waals surface area contributed by atoms with E-state index in [1.807, 2.05) is 43.5 Å². The number of aromatic nitrogens is 3. The molecule has 0 spiro atoms. The lowest BCUT2D eigenvalue weighted by Gasteiger charge is -2.12. The molecule has 0 aliphatic rings. The molecule has 12 heteroatoms. The molecule has 8 nitrogen and oxygen atoms in total. The lowest BCUT2D eigenvalue weighted by molar-refractivity contribution is 0.209. The van der Waals surface area contributed by atoms with Crippen LogP contribution >= 0.6 is 22.9 Å². The van der Waals surface area contributed by atoms with Gasteiger partial charge < -0.3 is 14.8 Å². The average Bonchev–Trinajstić information content (AvgIpc) is 3.47. The third-order valence-corrected chi connectivity index (χ3v) is 8.28. The van der Waals surface area contributed by atoms with E-state index in [4.69, 9.17) is 26.1 Å². The van der Waals surface area contributed by atoms with Gasteiger partial charge in [0.05, 0.1) is 16.2 Å². The molecule has 5 aromatic rings. The first-order valence-corrected chi connectivity index (χ1v) is 15.8. The molecule has 222 valence electrons. The molecule has 0 radical (unpaired) electrons. The number of hydrogen-bond acceptors (Lipinski definition) is 9. The minimum Gasteiger partial charge on any atom is -0.487 e. The molecule has 43 heavy (non-hydrogen) atoms. The fourth-order valence-corrected chi connectivity index (χ4v) is 6.02. The third-order valence-electron chi connectivity index (χ3n) is 6.35. The molecule has 0 saturated carbocycles. The standard InChI is InChI=1S/C31H28ClFN4O4S2/c1-18(2)11-29(43(38)39)41-19(3)31-37-27(16-42-31)21-7-9-26-24(13-21)30(35-17-34-26)36-23-8-10-28(25(32)14-23)40-15-20-5-4-6-22(33)12-20/h4-10,12-14,16-19H,11,15H2,1-3H3,(H,34,35,36). The molecule has 0 saturated heterocycles. The van der Waals surface area contributed by atoms with E-state index >= 15 is 0 Å². The second-order valence-corrected chi connectivity index (χ2v) is 12.4. The van der Waals surface area contributed by atoms with Crippen molar-refractivity contribution in [2.45, 2.75) is 39.9 Å². The molecule has 0 amide bonds. The lowest BCUT2D eigenvalue weighted by atomic mass is 10.1. The van der Waals surface area contributed by atoms with Crippen molar-refractivity contribution in [2.24, 2.45) is 5.92 Å². The summed E-state index contributed by atoms with van der Waals surface area (Å²) in [6.07, 6.45) is 1.29. The summed E-state index contributed by atoms with van der Waals surface area (Å²) in [4.78, 5) is 13.6. The first-order chi connectivity index (χ1) is 20.7. The van der Waals surface area contributed by atoms with Crippen LogP contribution < -0.4 is 10.1 Å². The zero-order valence-corrected chi connectivity index (χ0v) is 25.9. The Kier molecular flexibility index (Phi) is 9.66. The summed E-state index contributed by atoms with van der Waals surface area (Å²) in [5, 5.41) is 7.08. The monoisotopic (exact) mass is 638 g/mol. The van der Waals surface area contributed by atoms with Crippen LogP contribution in [0.2, 0.25) is 5.02 Å². The van der Waals surface area contributed by atoms with Crippen molar-refractivity contribution in [3.05, 3.63) is 93.8 Å². The Labute approximate surface area is 259 Å². The summed E-state index contributed by atoms with van der Waals surface area (Å²) in [6, 6.07) is 17.3. The molecule has 1 atom stereocenters. The van der Waals surface area contributed by atoms with Gasteiger partial charge in [-0.1, -0.05) is 43.6 Å². The number of nitrogens with zero attached hydrogens (tertiary/aromatic N) is 3. The fraction of sp³-hybridized carbons (Fsp3) is 0.226. The van der Waals surface area contributed by atoms with Crippen molar-refractivity contribution < 1.29 is 22.3 Å². The first kappa shape index (κ1) is 30.6. The zero-order chi connectivity index (χ0) is 30.5. The molecular formula is C31H28ClFN4O4S2. The number of ether oxygens (including phenoxy) is 2. The maximum absolute atomic E-state index is 13.5. The number of nitrogens with one attached hydrogen (secondary N) is 1. The van der Waals surface area contributed by atoms with E-state index < -0.39 is 16.4 Å². The van der Waals surface area contributed by atoms with Crippen LogP contribution in [0.3, 0.4) is 0 Å². The van der Waals surface area contributed by atoms with Crippen molar-refractivity contribution in [2.75, 3.05) is 5.32 Å². The van der Waals surface area contributed by atoms with Crippen molar-refractivity contribution in [3.63, 3.8) is 0 Å². The summed E-state index contributed by atoms with van der Waals surface area (Å²) < 4.78 is 48.3. The Morgan fingerprint density at radius 3 is 2.65 bits per heavy atom. The van der Waals surface area contributed by atoms with Crippen LogP contribution in [0.5, 0.6) is 5.75 Å². The van der Waals surface area contributed by atoms with Crippen LogP contribution in [-0.4, -0.2) is 28.4 Å². The summed E-state index contributed by atoms with van der Waals surface area (Å²) >= 11 is 7.89. The molecule has 5 rings (SSSR count).